The minimum Gasteiger partial charge on any atom is -0.254 e. The molecule has 0 saturated heterocycles. The molecule has 5 heteroatoms. The fourth-order valence-corrected chi connectivity index (χ4v) is 2.68. The van der Waals surface area contributed by atoms with E-state index in [1.165, 1.54) is 16.1 Å². The van der Waals surface area contributed by atoms with Crippen LogP contribution in [-0.2, 0) is 5.75 Å². The van der Waals surface area contributed by atoms with Crippen molar-refractivity contribution in [1.82, 2.24) is 15.2 Å². The Morgan fingerprint density at radius 1 is 1.54 bits per heavy atom. The Labute approximate surface area is 84.6 Å². The third kappa shape index (κ3) is 2.32. The van der Waals surface area contributed by atoms with E-state index in [2.05, 4.69) is 34.2 Å². The van der Waals surface area contributed by atoms with Crippen LogP contribution in [0.25, 0.3) is 0 Å². The lowest BCUT2D eigenvalue weighted by atomic mass is 10.5. The SMILES string of the molecule is Cc1ccc(CSc2ncn[nH]2)s1. The van der Waals surface area contributed by atoms with Gasteiger partial charge >= 0.3 is 0 Å². The zero-order valence-corrected chi connectivity index (χ0v) is 8.78. The lowest BCUT2D eigenvalue weighted by Gasteiger charge is -1.92. The monoisotopic (exact) mass is 211 g/mol. The number of nitrogens with one attached hydrogen (secondary N) is 1. The maximum atomic E-state index is 4.04. The van der Waals surface area contributed by atoms with Crippen LogP contribution in [0.2, 0.25) is 0 Å². The van der Waals surface area contributed by atoms with Gasteiger partial charge in [-0.15, -0.1) is 11.3 Å². The van der Waals surface area contributed by atoms with E-state index in [1.807, 2.05) is 11.3 Å². The van der Waals surface area contributed by atoms with E-state index >= 15 is 0 Å². The maximum Gasteiger partial charge on any atom is 0.183 e. The fraction of sp³-hybridized carbons (Fsp3) is 0.250. The average molecular weight is 211 g/mol. The Morgan fingerprint density at radius 2 is 2.46 bits per heavy atom. The summed E-state index contributed by atoms with van der Waals surface area (Å²) in [6.07, 6.45) is 1.53. The fourth-order valence-electron chi connectivity index (χ4n) is 0.966. The standard InChI is InChI=1S/C8H9N3S2/c1-6-2-3-7(13-6)4-12-8-9-5-10-11-8/h2-3,5H,4H2,1H3,(H,9,10,11). The molecule has 0 aromatic carbocycles. The Morgan fingerprint density at radius 3 is 3.08 bits per heavy atom. The predicted octanol–water partition coefficient (Wildman–Crippen LogP) is 2.47. The van der Waals surface area contributed by atoms with Crippen LogP contribution < -0.4 is 0 Å². The number of rotatable bonds is 3. The third-order valence-electron chi connectivity index (χ3n) is 1.54. The van der Waals surface area contributed by atoms with E-state index in [9.17, 15) is 0 Å². The molecule has 2 aromatic heterocycles. The van der Waals surface area contributed by atoms with E-state index < -0.39 is 0 Å². The van der Waals surface area contributed by atoms with Crippen molar-refractivity contribution < 1.29 is 0 Å². The van der Waals surface area contributed by atoms with Crippen LogP contribution in [0.4, 0.5) is 0 Å². The smallest absolute Gasteiger partial charge is 0.183 e. The van der Waals surface area contributed by atoms with Crippen molar-refractivity contribution in [3.8, 4) is 0 Å². The Bertz CT molecular complexity index is 366. The molecule has 1 N–H and O–H groups in total. The summed E-state index contributed by atoms with van der Waals surface area (Å²) in [6.45, 7) is 2.12. The lowest BCUT2D eigenvalue weighted by Crippen LogP contribution is -1.76. The molecule has 2 heterocycles. The van der Waals surface area contributed by atoms with Crippen LogP contribution in [0.1, 0.15) is 9.75 Å². The summed E-state index contributed by atoms with van der Waals surface area (Å²) >= 11 is 3.50. The van der Waals surface area contributed by atoms with Crippen molar-refractivity contribution in [1.29, 1.82) is 0 Å². The second kappa shape index (κ2) is 3.93. The molecule has 0 saturated carbocycles. The topological polar surface area (TPSA) is 41.6 Å². The van der Waals surface area contributed by atoms with Gasteiger partial charge in [0, 0.05) is 15.5 Å². The average Bonchev–Trinajstić information content (AvgIpc) is 2.71. The Hall–Kier alpha value is -0.810. The molecule has 0 aliphatic heterocycles. The van der Waals surface area contributed by atoms with Gasteiger partial charge in [-0.05, 0) is 19.1 Å². The molecule has 0 amide bonds. The number of aryl methyl sites for hydroxylation is 1. The highest BCUT2D eigenvalue weighted by molar-refractivity contribution is 7.98. The Balaban J connectivity index is 1.93. The van der Waals surface area contributed by atoms with Gasteiger partial charge in [-0.1, -0.05) is 11.8 Å². The summed E-state index contributed by atoms with van der Waals surface area (Å²) < 4.78 is 0. The second-order valence-corrected chi connectivity index (χ2v) is 4.93. The number of hydrogen-bond acceptors (Lipinski definition) is 4. The number of thiophene rings is 1. The van der Waals surface area contributed by atoms with Crippen molar-refractivity contribution in [2.75, 3.05) is 0 Å². The summed E-state index contributed by atoms with van der Waals surface area (Å²) in [6, 6.07) is 4.30. The number of thioether (sulfide) groups is 1. The van der Waals surface area contributed by atoms with Gasteiger partial charge in [-0.2, -0.15) is 5.10 Å². The molecule has 2 aromatic rings. The molecule has 68 valence electrons. The largest absolute Gasteiger partial charge is 0.254 e. The number of hydrogen-bond donors (Lipinski definition) is 1. The summed E-state index contributed by atoms with van der Waals surface area (Å²) in [5.74, 6) is 0.966. The lowest BCUT2D eigenvalue weighted by molar-refractivity contribution is 0.973. The van der Waals surface area contributed by atoms with Crippen molar-refractivity contribution in [3.05, 3.63) is 28.2 Å². The maximum absolute atomic E-state index is 4.04. The van der Waals surface area contributed by atoms with Gasteiger partial charge in [0.1, 0.15) is 6.33 Å². The second-order valence-electron chi connectivity index (χ2n) is 2.59. The van der Waals surface area contributed by atoms with Crippen LogP contribution in [0, 0.1) is 6.92 Å². The highest BCUT2D eigenvalue weighted by atomic mass is 32.2. The number of nitrogens with zero attached hydrogens (tertiary/aromatic N) is 2. The number of aromatic nitrogens is 3. The molecule has 0 unspecified atom stereocenters. The molecule has 0 atom stereocenters. The minimum absolute atomic E-state index is 0.881. The first-order valence-corrected chi connectivity index (χ1v) is 5.68. The van der Waals surface area contributed by atoms with Crippen LogP contribution in [0.15, 0.2) is 23.6 Å². The first-order chi connectivity index (χ1) is 6.34. The Kier molecular flexibility index (Phi) is 2.65. The molecular formula is C8H9N3S2. The van der Waals surface area contributed by atoms with Crippen LogP contribution in [0.3, 0.4) is 0 Å². The highest BCUT2D eigenvalue weighted by Crippen LogP contribution is 2.23. The number of aromatic amines is 1. The first kappa shape index (κ1) is 8.77. The minimum atomic E-state index is 0.881. The molecule has 13 heavy (non-hydrogen) atoms. The molecular weight excluding hydrogens is 202 g/mol. The van der Waals surface area contributed by atoms with Gasteiger partial charge in [0.25, 0.3) is 0 Å². The summed E-state index contributed by atoms with van der Waals surface area (Å²) in [5.41, 5.74) is 0. The van der Waals surface area contributed by atoms with Gasteiger partial charge in [0.15, 0.2) is 5.16 Å². The van der Waals surface area contributed by atoms with Gasteiger partial charge in [0.05, 0.1) is 0 Å². The van der Waals surface area contributed by atoms with Crippen molar-refractivity contribution >= 4 is 23.1 Å². The highest BCUT2D eigenvalue weighted by Gasteiger charge is 2.00. The van der Waals surface area contributed by atoms with Gasteiger partial charge in [0.2, 0.25) is 0 Å². The van der Waals surface area contributed by atoms with Gasteiger partial charge < -0.3 is 0 Å². The summed E-state index contributed by atoms with van der Waals surface area (Å²) in [7, 11) is 0. The van der Waals surface area contributed by atoms with E-state index in [4.69, 9.17) is 0 Å². The predicted molar refractivity (Wildman–Crippen MR) is 55.0 cm³/mol. The van der Waals surface area contributed by atoms with E-state index in [1.54, 1.807) is 11.8 Å². The van der Waals surface area contributed by atoms with E-state index in [0.29, 0.717) is 0 Å². The van der Waals surface area contributed by atoms with Crippen LogP contribution in [0.5, 0.6) is 0 Å². The van der Waals surface area contributed by atoms with Crippen LogP contribution >= 0.6 is 23.1 Å². The molecule has 0 bridgehead atoms. The quantitative estimate of drug-likeness (QED) is 0.793. The van der Waals surface area contributed by atoms with Crippen molar-refractivity contribution in [2.45, 2.75) is 17.8 Å². The van der Waals surface area contributed by atoms with E-state index in [-0.39, 0.29) is 0 Å². The van der Waals surface area contributed by atoms with Gasteiger partial charge in [-0.3, -0.25) is 5.10 Å². The molecule has 0 radical (unpaired) electrons. The van der Waals surface area contributed by atoms with Crippen molar-refractivity contribution in [3.63, 3.8) is 0 Å². The molecule has 0 aliphatic rings. The zero-order valence-electron chi connectivity index (χ0n) is 7.15. The van der Waals surface area contributed by atoms with E-state index in [0.717, 1.165) is 10.9 Å². The number of H-pyrrole nitrogens is 1. The normalized spacial score (nSPS) is 10.5. The third-order valence-corrected chi connectivity index (χ3v) is 3.65. The first-order valence-electron chi connectivity index (χ1n) is 3.88. The molecule has 0 spiro atoms. The molecule has 2 rings (SSSR count). The summed E-state index contributed by atoms with van der Waals surface area (Å²) in [5, 5.41) is 7.49. The molecule has 0 aliphatic carbocycles. The molecule has 3 nitrogen and oxygen atoms in total. The summed E-state index contributed by atoms with van der Waals surface area (Å²) in [4.78, 5) is 6.77. The molecule has 0 fully saturated rings. The van der Waals surface area contributed by atoms with Gasteiger partial charge in [-0.25, -0.2) is 4.98 Å². The zero-order chi connectivity index (χ0) is 9.10. The van der Waals surface area contributed by atoms with Crippen molar-refractivity contribution in [2.24, 2.45) is 0 Å². The van der Waals surface area contributed by atoms with Crippen LogP contribution in [-0.4, -0.2) is 15.2 Å².